The van der Waals surface area contributed by atoms with Crippen molar-refractivity contribution < 1.29 is 14.3 Å². The SMILES string of the molecule is O=C(Cc1c(NC2CCOC2=O)c(=O)c1=O)c1ccccn1. The van der Waals surface area contributed by atoms with E-state index in [1.54, 1.807) is 12.1 Å². The molecule has 1 aliphatic heterocycles. The van der Waals surface area contributed by atoms with Gasteiger partial charge in [0.05, 0.1) is 12.3 Å². The number of aromatic nitrogens is 1. The Balaban J connectivity index is 1.79. The number of nitrogens with one attached hydrogen (secondary N) is 1. The van der Waals surface area contributed by atoms with Crippen LogP contribution in [-0.2, 0) is 16.0 Å². The largest absolute Gasteiger partial charge is 0.464 e. The quantitative estimate of drug-likeness (QED) is 0.464. The molecule has 1 N–H and O–H groups in total. The van der Waals surface area contributed by atoms with Crippen LogP contribution in [-0.4, -0.2) is 29.4 Å². The van der Waals surface area contributed by atoms with E-state index >= 15 is 0 Å². The first kappa shape index (κ1) is 14.1. The summed E-state index contributed by atoms with van der Waals surface area (Å²) in [7, 11) is 0. The maximum atomic E-state index is 12.1. The second kappa shape index (κ2) is 5.51. The fourth-order valence-electron chi connectivity index (χ4n) is 2.34. The molecule has 1 aromatic heterocycles. The molecule has 3 rings (SSSR count). The number of ether oxygens (including phenoxy) is 1. The Labute approximate surface area is 124 Å². The summed E-state index contributed by atoms with van der Waals surface area (Å²) in [5.74, 6) is -0.820. The fraction of sp³-hybridized carbons (Fsp3) is 0.267. The van der Waals surface area contributed by atoms with E-state index < -0.39 is 22.9 Å². The molecule has 22 heavy (non-hydrogen) atoms. The fourth-order valence-corrected chi connectivity index (χ4v) is 2.34. The van der Waals surface area contributed by atoms with E-state index in [4.69, 9.17) is 4.74 Å². The first-order chi connectivity index (χ1) is 10.6. The van der Waals surface area contributed by atoms with Gasteiger partial charge >= 0.3 is 5.97 Å². The highest BCUT2D eigenvalue weighted by Gasteiger charge is 2.31. The number of hydrogen-bond donors (Lipinski definition) is 1. The molecule has 1 saturated heterocycles. The van der Waals surface area contributed by atoms with Gasteiger partial charge in [0.25, 0.3) is 0 Å². The van der Waals surface area contributed by atoms with Gasteiger partial charge in [-0.3, -0.25) is 19.4 Å². The van der Waals surface area contributed by atoms with Gasteiger partial charge in [-0.25, -0.2) is 4.79 Å². The first-order valence-electron chi connectivity index (χ1n) is 6.77. The summed E-state index contributed by atoms with van der Waals surface area (Å²) in [5, 5.41) is 2.71. The number of ketones is 1. The second-order valence-electron chi connectivity index (χ2n) is 4.98. The molecule has 0 bridgehead atoms. The van der Waals surface area contributed by atoms with Crippen LogP contribution in [0.5, 0.6) is 0 Å². The molecule has 0 radical (unpaired) electrons. The first-order valence-corrected chi connectivity index (χ1v) is 6.77. The standard InChI is InChI=1S/C15H12N2O5/c18-11(9-3-1-2-5-16-9)7-8-12(14(20)13(8)19)17-10-4-6-22-15(10)21/h1-3,5,10,17H,4,6-7H2. The highest BCUT2D eigenvalue weighted by molar-refractivity contribution is 5.97. The van der Waals surface area contributed by atoms with Crippen LogP contribution in [0.2, 0.25) is 0 Å². The number of carbonyl (C=O) groups is 2. The maximum Gasteiger partial charge on any atom is 0.328 e. The number of cyclic esters (lactones) is 1. The smallest absolute Gasteiger partial charge is 0.328 e. The van der Waals surface area contributed by atoms with Crippen molar-refractivity contribution in [3.63, 3.8) is 0 Å². The zero-order valence-corrected chi connectivity index (χ0v) is 11.5. The Kier molecular flexibility index (Phi) is 3.54. The molecule has 7 heteroatoms. The Morgan fingerprint density at radius 1 is 1.27 bits per heavy atom. The van der Waals surface area contributed by atoms with Crippen molar-refractivity contribution in [2.75, 3.05) is 11.9 Å². The van der Waals surface area contributed by atoms with E-state index in [9.17, 15) is 19.2 Å². The van der Waals surface area contributed by atoms with Crippen molar-refractivity contribution in [2.24, 2.45) is 0 Å². The Morgan fingerprint density at radius 2 is 2.09 bits per heavy atom. The third kappa shape index (κ3) is 2.41. The van der Waals surface area contributed by atoms with Gasteiger partial charge in [-0.05, 0) is 12.1 Å². The lowest BCUT2D eigenvalue weighted by Gasteiger charge is -2.15. The molecule has 7 nitrogen and oxygen atoms in total. The molecule has 1 fully saturated rings. The summed E-state index contributed by atoms with van der Waals surface area (Å²) in [6, 6.07) is 4.23. The normalized spacial score (nSPS) is 17.5. The molecule has 1 unspecified atom stereocenters. The average Bonchev–Trinajstić information content (AvgIpc) is 2.96. The van der Waals surface area contributed by atoms with Gasteiger partial charge in [0.2, 0.25) is 10.9 Å². The van der Waals surface area contributed by atoms with E-state index in [0.717, 1.165) is 0 Å². The van der Waals surface area contributed by atoms with E-state index in [-0.39, 0.29) is 35.8 Å². The monoisotopic (exact) mass is 300 g/mol. The molecule has 0 aliphatic carbocycles. The number of rotatable bonds is 5. The minimum Gasteiger partial charge on any atom is -0.464 e. The van der Waals surface area contributed by atoms with Crippen LogP contribution in [0.1, 0.15) is 22.5 Å². The van der Waals surface area contributed by atoms with Gasteiger partial charge in [-0.15, -0.1) is 0 Å². The number of anilines is 1. The van der Waals surface area contributed by atoms with Crippen molar-refractivity contribution in [1.82, 2.24) is 4.98 Å². The van der Waals surface area contributed by atoms with E-state index in [1.807, 2.05) is 0 Å². The lowest BCUT2D eigenvalue weighted by molar-refractivity contribution is -0.138. The van der Waals surface area contributed by atoms with Crippen molar-refractivity contribution >= 4 is 17.4 Å². The van der Waals surface area contributed by atoms with E-state index in [1.165, 1.54) is 12.3 Å². The third-order valence-electron chi connectivity index (χ3n) is 3.55. The Hall–Kier alpha value is -2.83. The van der Waals surface area contributed by atoms with Gasteiger partial charge < -0.3 is 10.1 Å². The number of hydrogen-bond acceptors (Lipinski definition) is 7. The van der Waals surface area contributed by atoms with Crippen LogP contribution < -0.4 is 16.2 Å². The maximum absolute atomic E-state index is 12.1. The minimum absolute atomic E-state index is 0.0399. The topological polar surface area (TPSA) is 102 Å². The van der Waals surface area contributed by atoms with Gasteiger partial charge in [0.1, 0.15) is 11.7 Å². The molecule has 112 valence electrons. The van der Waals surface area contributed by atoms with Crippen molar-refractivity contribution in [1.29, 1.82) is 0 Å². The highest BCUT2D eigenvalue weighted by atomic mass is 16.5. The lowest BCUT2D eigenvalue weighted by Crippen LogP contribution is -2.42. The molecule has 1 aromatic carbocycles. The van der Waals surface area contributed by atoms with Crippen molar-refractivity contribution in [3.8, 4) is 0 Å². The molecule has 2 aromatic rings. The number of pyridine rings is 1. The zero-order chi connectivity index (χ0) is 15.7. The lowest BCUT2D eigenvalue weighted by atomic mass is 9.99. The highest BCUT2D eigenvalue weighted by Crippen LogP contribution is 2.16. The number of esters is 1. The summed E-state index contributed by atoms with van der Waals surface area (Å²) < 4.78 is 4.79. The van der Waals surface area contributed by atoms with Gasteiger partial charge in [-0.1, -0.05) is 6.07 Å². The van der Waals surface area contributed by atoms with E-state index in [2.05, 4.69) is 10.3 Å². The summed E-state index contributed by atoms with van der Waals surface area (Å²) in [6.07, 6.45) is 1.68. The van der Waals surface area contributed by atoms with E-state index in [0.29, 0.717) is 6.42 Å². The third-order valence-corrected chi connectivity index (χ3v) is 3.55. The molecular formula is C15H12N2O5. The van der Waals surface area contributed by atoms with Crippen LogP contribution >= 0.6 is 0 Å². The van der Waals surface area contributed by atoms with Gasteiger partial charge in [-0.2, -0.15) is 0 Å². The predicted molar refractivity (Wildman–Crippen MR) is 76.6 cm³/mol. The number of nitrogens with zero attached hydrogens (tertiary/aromatic N) is 1. The van der Waals surface area contributed by atoms with Crippen molar-refractivity contribution in [2.45, 2.75) is 18.9 Å². The summed E-state index contributed by atoms with van der Waals surface area (Å²) in [5.41, 5.74) is -1.04. The number of carbonyl (C=O) groups excluding carboxylic acids is 2. The van der Waals surface area contributed by atoms with Crippen LogP contribution in [0, 0.1) is 0 Å². The van der Waals surface area contributed by atoms with Crippen LogP contribution in [0.15, 0.2) is 34.0 Å². The second-order valence-corrected chi connectivity index (χ2v) is 4.98. The Morgan fingerprint density at radius 3 is 2.73 bits per heavy atom. The van der Waals surface area contributed by atoms with Gasteiger partial charge in [0.15, 0.2) is 5.78 Å². The summed E-state index contributed by atoms with van der Waals surface area (Å²) >= 11 is 0. The van der Waals surface area contributed by atoms with Crippen LogP contribution in [0.4, 0.5) is 5.69 Å². The zero-order valence-electron chi connectivity index (χ0n) is 11.5. The molecule has 1 aliphatic rings. The average molecular weight is 300 g/mol. The molecule has 0 saturated carbocycles. The summed E-state index contributed by atoms with van der Waals surface area (Å²) in [4.78, 5) is 50.7. The molecule has 0 amide bonds. The van der Waals surface area contributed by atoms with Crippen molar-refractivity contribution in [3.05, 3.63) is 56.1 Å². The summed E-state index contributed by atoms with van der Waals surface area (Å²) in [6.45, 7) is 0.272. The number of Topliss-reactive ketones (excluding diaryl/α,β-unsaturated/α-hetero) is 1. The van der Waals surface area contributed by atoms with Crippen LogP contribution in [0.3, 0.4) is 0 Å². The molecular weight excluding hydrogens is 288 g/mol. The predicted octanol–water partition coefficient (Wildman–Crippen LogP) is -0.170. The molecule has 1 atom stereocenters. The Bertz CT molecular complexity index is 805. The van der Waals surface area contributed by atoms with Gasteiger partial charge in [0, 0.05) is 24.6 Å². The minimum atomic E-state index is -0.705. The van der Waals surface area contributed by atoms with Crippen LogP contribution in [0.25, 0.3) is 0 Å². The molecule has 2 heterocycles. The molecule has 0 spiro atoms.